The number of fused-ring (bicyclic) bond motifs is 1. The van der Waals surface area contributed by atoms with Gasteiger partial charge in [-0.1, -0.05) is 19.3 Å². The molecule has 0 atom stereocenters. The van der Waals surface area contributed by atoms with Crippen molar-refractivity contribution in [1.29, 1.82) is 0 Å². The van der Waals surface area contributed by atoms with Crippen LogP contribution in [0.5, 0.6) is 0 Å². The number of anilines is 1. The minimum Gasteiger partial charge on any atom is -0.383 e. The predicted octanol–water partition coefficient (Wildman–Crippen LogP) is 3.45. The molecule has 0 N–H and O–H groups in total. The van der Waals surface area contributed by atoms with Crippen molar-refractivity contribution in [2.75, 3.05) is 39.4 Å². The van der Waals surface area contributed by atoms with Crippen LogP contribution in [-0.2, 0) is 4.74 Å². The summed E-state index contributed by atoms with van der Waals surface area (Å²) >= 11 is 0. The molecule has 1 saturated carbocycles. The molecule has 0 amide bonds. The van der Waals surface area contributed by atoms with Crippen LogP contribution in [0.15, 0.2) is 6.20 Å². The average Bonchev–Trinajstić information content (AvgIpc) is 3.46. The minimum absolute atomic E-state index is 0.0562. The van der Waals surface area contributed by atoms with Crippen molar-refractivity contribution in [1.82, 2.24) is 15.0 Å². The van der Waals surface area contributed by atoms with Crippen molar-refractivity contribution >= 4 is 16.7 Å². The van der Waals surface area contributed by atoms with E-state index in [2.05, 4.69) is 15.0 Å². The smallest absolute Gasteiger partial charge is 0.311 e. The quantitative estimate of drug-likeness (QED) is 0.795. The molecule has 0 bridgehead atoms. The maximum absolute atomic E-state index is 13.9. The molecule has 134 valence electrons. The molecule has 8 heteroatoms. The zero-order valence-corrected chi connectivity index (χ0v) is 14.4. The number of likely N-dealkylation sites (N-methyl/N-ethyl adjacent to an activating group) is 1. The zero-order chi connectivity index (χ0) is 18.1. The first-order chi connectivity index (χ1) is 11.5. The fraction of sp³-hybridized carbons (Fsp3) is 0.562. The molecular formula is C16H23F3N4O. The number of halogens is 3. The van der Waals surface area contributed by atoms with Crippen molar-refractivity contribution in [3.63, 3.8) is 0 Å². The molecule has 2 aromatic heterocycles. The van der Waals surface area contributed by atoms with Crippen LogP contribution in [0, 0.1) is 18.8 Å². The van der Waals surface area contributed by atoms with Crippen LogP contribution in [0.2, 0.25) is 0 Å². The Bertz CT molecular complexity index is 650. The molecule has 24 heavy (non-hydrogen) atoms. The third-order valence-corrected chi connectivity index (χ3v) is 3.16. The molecule has 1 aliphatic rings. The molecule has 2 heterocycles. The number of hydrogen-bond donors (Lipinski definition) is 0. The number of aryl methyl sites for hydroxylation is 1. The van der Waals surface area contributed by atoms with Gasteiger partial charge in [-0.3, -0.25) is 9.37 Å². The fourth-order valence-electron chi connectivity index (χ4n) is 1.73. The Hall–Kier alpha value is -1.96. The van der Waals surface area contributed by atoms with Gasteiger partial charge in [-0.2, -0.15) is 14.4 Å². The number of aromatic nitrogens is 3. The van der Waals surface area contributed by atoms with E-state index in [0.29, 0.717) is 31.5 Å². The SMILES string of the molecule is C1CC1.CF.COCCN(C)c1nc(F)nc2c(F)c(C)ncc12. The maximum atomic E-state index is 13.9. The number of nitrogens with zero attached hydrogens (tertiary/aromatic N) is 4. The number of rotatable bonds is 4. The van der Waals surface area contributed by atoms with Gasteiger partial charge in [0.2, 0.25) is 0 Å². The van der Waals surface area contributed by atoms with Gasteiger partial charge < -0.3 is 9.64 Å². The van der Waals surface area contributed by atoms with Crippen LogP contribution < -0.4 is 4.90 Å². The van der Waals surface area contributed by atoms with Crippen LogP contribution in [-0.4, -0.2) is 49.4 Å². The predicted molar refractivity (Wildman–Crippen MR) is 88.0 cm³/mol. The minimum atomic E-state index is -0.962. The Kier molecular flexibility index (Phi) is 8.39. The van der Waals surface area contributed by atoms with Crippen molar-refractivity contribution in [2.45, 2.75) is 26.2 Å². The van der Waals surface area contributed by atoms with E-state index in [1.54, 1.807) is 19.1 Å². The highest BCUT2D eigenvalue weighted by Gasteiger charge is 2.16. The molecule has 1 fully saturated rings. The Labute approximate surface area is 139 Å². The summed E-state index contributed by atoms with van der Waals surface area (Å²) < 4.78 is 41.8. The van der Waals surface area contributed by atoms with Gasteiger partial charge in [-0.05, 0) is 6.92 Å². The lowest BCUT2D eigenvalue weighted by Crippen LogP contribution is -2.24. The van der Waals surface area contributed by atoms with Gasteiger partial charge in [0.05, 0.1) is 24.9 Å². The molecular weight excluding hydrogens is 321 g/mol. The third-order valence-electron chi connectivity index (χ3n) is 3.16. The highest BCUT2D eigenvalue weighted by molar-refractivity contribution is 5.89. The van der Waals surface area contributed by atoms with E-state index in [0.717, 1.165) is 0 Å². The monoisotopic (exact) mass is 344 g/mol. The lowest BCUT2D eigenvalue weighted by molar-refractivity contribution is 0.206. The largest absolute Gasteiger partial charge is 0.383 e. The summed E-state index contributed by atoms with van der Waals surface area (Å²) in [6.07, 6.45) is 4.99. The average molecular weight is 344 g/mol. The van der Waals surface area contributed by atoms with Gasteiger partial charge in [0.15, 0.2) is 5.82 Å². The van der Waals surface area contributed by atoms with E-state index in [1.807, 2.05) is 0 Å². The first-order valence-corrected chi connectivity index (χ1v) is 7.60. The number of methoxy groups -OCH3 is 1. The van der Waals surface area contributed by atoms with Crippen molar-refractivity contribution in [2.24, 2.45) is 0 Å². The second-order valence-electron chi connectivity index (χ2n) is 5.21. The van der Waals surface area contributed by atoms with Gasteiger partial charge in [0.1, 0.15) is 11.3 Å². The molecule has 0 unspecified atom stereocenters. The molecule has 0 radical (unpaired) electrons. The summed E-state index contributed by atoms with van der Waals surface area (Å²) in [6.45, 7) is 2.45. The van der Waals surface area contributed by atoms with E-state index in [9.17, 15) is 13.2 Å². The van der Waals surface area contributed by atoms with Crippen LogP contribution in [0.3, 0.4) is 0 Å². The summed E-state index contributed by atoms with van der Waals surface area (Å²) in [6, 6.07) is 0. The number of pyridine rings is 1. The molecule has 1 aliphatic carbocycles. The van der Waals surface area contributed by atoms with Crippen molar-refractivity contribution < 1.29 is 17.9 Å². The van der Waals surface area contributed by atoms with Gasteiger partial charge in [-0.15, -0.1) is 0 Å². The molecule has 2 aromatic rings. The normalized spacial score (nSPS) is 12.0. The first-order valence-electron chi connectivity index (χ1n) is 7.60. The van der Waals surface area contributed by atoms with E-state index in [1.165, 1.54) is 32.4 Å². The van der Waals surface area contributed by atoms with Gasteiger partial charge in [0.25, 0.3) is 0 Å². The van der Waals surface area contributed by atoms with Crippen molar-refractivity contribution in [3.05, 3.63) is 23.8 Å². The lowest BCUT2D eigenvalue weighted by atomic mass is 10.2. The second-order valence-corrected chi connectivity index (χ2v) is 5.21. The summed E-state index contributed by atoms with van der Waals surface area (Å²) in [5, 5.41) is 0.378. The topological polar surface area (TPSA) is 51.1 Å². The second kappa shape index (κ2) is 10.0. The summed E-state index contributed by atoms with van der Waals surface area (Å²) in [5.41, 5.74) is 0.121. The standard InChI is InChI=1S/C12H14F2N4O.C3H6.CH3F/c1-7-9(13)10-8(6-15-7)11(17-12(14)16-10)18(2)4-5-19-3;1-2-3-1;1-2/h6H,4-5H2,1-3H3;1-3H2;1H3. The number of alkyl halides is 1. The first kappa shape index (κ1) is 20.1. The lowest BCUT2D eigenvalue weighted by Gasteiger charge is -2.19. The molecule has 0 aliphatic heterocycles. The van der Waals surface area contributed by atoms with Crippen molar-refractivity contribution in [3.8, 4) is 0 Å². The highest BCUT2D eigenvalue weighted by Crippen LogP contribution is 2.25. The molecule has 0 aromatic carbocycles. The van der Waals surface area contributed by atoms with Crippen LogP contribution in [0.4, 0.5) is 19.0 Å². The highest BCUT2D eigenvalue weighted by atomic mass is 19.1. The Morgan fingerprint density at radius 1 is 1.17 bits per heavy atom. The van der Waals surface area contributed by atoms with Crippen LogP contribution in [0.1, 0.15) is 25.0 Å². The molecule has 0 spiro atoms. The fourth-order valence-corrected chi connectivity index (χ4v) is 1.73. The van der Waals surface area contributed by atoms with E-state index in [4.69, 9.17) is 4.74 Å². The van der Waals surface area contributed by atoms with Gasteiger partial charge >= 0.3 is 6.08 Å². The number of ether oxygens (including phenoxy) is 1. The Balaban J connectivity index is 0.000000503. The summed E-state index contributed by atoms with van der Waals surface area (Å²) in [4.78, 5) is 12.8. The van der Waals surface area contributed by atoms with Crippen LogP contribution in [0.25, 0.3) is 10.9 Å². The third kappa shape index (κ3) is 5.59. The number of hydrogen-bond acceptors (Lipinski definition) is 5. The Morgan fingerprint density at radius 3 is 2.33 bits per heavy atom. The summed E-state index contributed by atoms with van der Waals surface area (Å²) in [5.74, 6) is -0.328. The zero-order valence-electron chi connectivity index (χ0n) is 14.4. The summed E-state index contributed by atoms with van der Waals surface area (Å²) in [7, 11) is 3.79. The van der Waals surface area contributed by atoms with Gasteiger partial charge in [-0.25, -0.2) is 4.39 Å². The molecule has 3 rings (SSSR count). The van der Waals surface area contributed by atoms with E-state index in [-0.39, 0.29) is 11.2 Å². The van der Waals surface area contributed by atoms with Crippen LogP contribution >= 0.6 is 0 Å². The maximum Gasteiger partial charge on any atom is 0.311 e. The molecule has 0 saturated heterocycles. The molecule has 5 nitrogen and oxygen atoms in total. The van der Waals surface area contributed by atoms with E-state index >= 15 is 0 Å². The van der Waals surface area contributed by atoms with E-state index < -0.39 is 11.9 Å². The van der Waals surface area contributed by atoms with Gasteiger partial charge in [0, 0.05) is 26.9 Å². The Morgan fingerprint density at radius 2 is 1.79 bits per heavy atom.